The number of anilines is 1. The summed E-state index contributed by atoms with van der Waals surface area (Å²) in [7, 11) is 0. The first-order chi connectivity index (χ1) is 18.4. The average Bonchev–Trinajstić information content (AvgIpc) is 3.53. The number of carbonyl (C=O) groups is 1. The third kappa shape index (κ3) is 5.25. The van der Waals surface area contributed by atoms with Crippen LogP contribution in [0.25, 0.3) is 5.69 Å². The summed E-state index contributed by atoms with van der Waals surface area (Å²) in [6.45, 7) is 2.39. The third-order valence-electron chi connectivity index (χ3n) is 6.53. The number of aromatic nitrogens is 2. The van der Waals surface area contributed by atoms with Gasteiger partial charge in [-0.3, -0.25) is 19.9 Å². The molecule has 10 heteroatoms. The number of hydrogen-bond donors (Lipinski definition) is 2. The Morgan fingerprint density at radius 1 is 1.08 bits per heavy atom. The van der Waals surface area contributed by atoms with Crippen LogP contribution in [0.4, 0.5) is 11.4 Å². The van der Waals surface area contributed by atoms with Crippen LogP contribution in [0.1, 0.15) is 35.5 Å². The highest BCUT2D eigenvalue weighted by molar-refractivity contribution is 7.80. The van der Waals surface area contributed by atoms with Crippen molar-refractivity contribution >= 4 is 34.6 Å². The first-order valence-corrected chi connectivity index (χ1v) is 12.6. The van der Waals surface area contributed by atoms with Gasteiger partial charge in [0.15, 0.2) is 5.11 Å². The summed E-state index contributed by atoms with van der Waals surface area (Å²) < 4.78 is 1.99. The summed E-state index contributed by atoms with van der Waals surface area (Å²) in [6, 6.07) is 23.2. The summed E-state index contributed by atoms with van der Waals surface area (Å²) in [4.78, 5) is 30.1. The van der Waals surface area contributed by atoms with E-state index < -0.39 is 4.92 Å². The Kier molecular flexibility index (Phi) is 7.14. The second kappa shape index (κ2) is 10.8. The molecule has 0 bridgehead atoms. The summed E-state index contributed by atoms with van der Waals surface area (Å²) in [6.07, 6.45) is 3.89. The fourth-order valence-electron chi connectivity index (χ4n) is 4.66. The number of nitrogens with one attached hydrogen (secondary N) is 2. The molecule has 192 valence electrons. The fourth-order valence-corrected chi connectivity index (χ4v) is 4.99. The molecular weight excluding hydrogens is 500 g/mol. The Balaban J connectivity index is 1.43. The van der Waals surface area contributed by atoms with Crippen molar-refractivity contribution in [1.82, 2.24) is 19.8 Å². The van der Waals surface area contributed by atoms with Crippen LogP contribution in [0.5, 0.6) is 0 Å². The lowest BCUT2D eigenvalue weighted by atomic mass is 10.0. The second-order valence-corrected chi connectivity index (χ2v) is 9.45. The Morgan fingerprint density at radius 2 is 1.84 bits per heavy atom. The molecule has 2 unspecified atom stereocenters. The van der Waals surface area contributed by atoms with Gasteiger partial charge in [0, 0.05) is 54.6 Å². The third-order valence-corrected chi connectivity index (χ3v) is 6.89. The number of carbonyl (C=O) groups excluding carboxylic acids is 1. The highest BCUT2D eigenvalue weighted by atomic mass is 32.1. The quantitative estimate of drug-likeness (QED) is 0.187. The van der Waals surface area contributed by atoms with Gasteiger partial charge in [0.25, 0.3) is 5.69 Å². The monoisotopic (exact) mass is 526 g/mol. The molecule has 3 heterocycles. The Hall–Kier alpha value is -4.57. The normalized spacial score (nSPS) is 16.8. The van der Waals surface area contributed by atoms with Crippen molar-refractivity contribution in [2.24, 2.45) is 0 Å². The van der Waals surface area contributed by atoms with Crippen LogP contribution in [-0.4, -0.2) is 36.9 Å². The second-order valence-electron chi connectivity index (χ2n) is 9.06. The number of aryl methyl sites for hydroxylation is 1. The van der Waals surface area contributed by atoms with Crippen LogP contribution >= 0.6 is 12.2 Å². The fraction of sp³-hybridized carbons (Fsp3) is 0.179. The van der Waals surface area contributed by atoms with Crippen LogP contribution in [0.3, 0.4) is 0 Å². The van der Waals surface area contributed by atoms with Gasteiger partial charge in [-0.25, -0.2) is 0 Å². The molecule has 4 aromatic rings. The van der Waals surface area contributed by atoms with Gasteiger partial charge in [-0.2, -0.15) is 0 Å². The summed E-state index contributed by atoms with van der Waals surface area (Å²) in [5, 5.41) is 18.0. The van der Waals surface area contributed by atoms with Gasteiger partial charge in [0.2, 0.25) is 5.91 Å². The molecule has 0 spiro atoms. The first kappa shape index (κ1) is 25.1. The van der Waals surface area contributed by atoms with E-state index in [1.165, 1.54) is 12.1 Å². The molecule has 1 amide bonds. The van der Waals surface area contributed by atoms with Gasteiger partial charge in [-0.1, -0.05) is 23.8 Å². The number of non-ortho nitro benzene ring substituents is 1. The molecule has 0 radical (unpaired) electrons. The smallest absolute Gasteiger partial charge is 0.269 e. The SMILES string of the molecule is Cc1ccc(NC(=O)CCN2C(=S)NC(c3ccccn3)C2c2cccn2-c2ccc([N+](=O)[O-])cc2)cc1. The van der Waals surface area contributed by atoms with E-state index in [2.05, 4.69) is 15.6 Å². The molecule has 1 aliphatic rings. The van der Waals surface area contributed by atoms with Gasteiger partial charge >= 0.3 is 0 Å². The zero-order valence-electron chi connectivity index (χ0n) is 20.7. The number of nitrogens with zero attached hydrogens (tertiary/aromatic N) is 4. The number of benzene rings is 2. The molecule has 9 nitrogen and oxygen atoms in total. The molecule has 1 fully saturated rings. The molecule has 1 saturated heterocycles. The molecule has 0 saturated carbocycles. The Bertz CT molecular complexity index is 1450. The van der Waals surface area contributed by atoms with E-state index in [4.69, 9.17) is 12.2 Å². The van der Waals surface area contributed by atoms with Crippen molar-refractivity contribution in [3.8, 4) is 5.69 Å². The maximum absolute atomic E-state index is 12.8. The number of nitro benzene ring substituents is 1. The van der Waals surface area contributed by atoms with Crippen LogP contribution < -0.4 is 10.6 Å². The molecule has 5 rings (SSSR count). The van der Waals surface area contributed by atoms with E-state index in [1.54, 1.807) is 18.3 Å². The number of hydrogen-bond acceptors (Lipinski definition) is 5. The van der Waals surface area contributed by atoms with E-state index in [0.717, 1.165) is 28.3 Å². The van der Waals surface area contributed by atoms with E-state index in [0.29, 0.717) is 11.7 Å². The molecule has 2 N–H and O–H groups in total. The van der Waals surface area contributed by atoms with Crippen LogP contribution in [0, 0.1) is 17.0 Å². The molecule has 2 atom stereocenters. The minimum Gasteiger partial charge on any atom is -0.352 e. The maximum atomic E-state index is 12.8. The van der Waals surface area contributed by atoms with Crippen molar-refractivity contribution in [2.45, 2.75) is 25.4 Å². The zero-order valence-corrected chi connectivity index (χ0v) is 21.5. The Morgan fingerprint density at radius 3 is 2.53 bits per heavy atom. The number of pyridine rings is 1. The van der Waals surface area contributed by atoms with Crippen molar-refractivity contribution in [3.05, 3.63) is 118 Å². The predicted molar refractivity (Wildman–Crippen MR) is 149 cm³/mol. The number of thiocarbonyl (C=S) groups is 1. The number of amides is 1. The topological polar surface area (TPSA) is 105 Å². The predicted octanol–water partition coefficient (Wildman–Crippen LogP) is 5.09. The minimum absolute atomic E-state index is 0.0266. The molecule has 2 aromatic heterocycles. The van der Waals surface area contributed by atoms with Crippen molar-refractivity contribution in [2.75, 3.05) is 11.9 Å². The maximum Gasteiger partial charge on any atom is 0.269 e. The number of nitro groups is 1. The lowest BCUT2D eigenvalue weighted by molar-refractivity contribution is -0.384. The lowest BCUT2D eigenvalue weighted by Gasteiger charge is -2.28. The van der Waals surface area contributed by atoms with Crippen LogP contribution in [0.15, 0.2) is 91.3 Å². The summed E-state index contributed by atoms with van der Waals surface area (Å²) in [5.41, 5.74) is 4.42. The van der Waals surface area contributed by atoms with Crippen LogP contribution in [-0.2, 0) is 4.79 Å². The zero-order chi connectivity index (χ0) is 26.6. The lowest BCUT2D eigenvalue weighted by Crippen LogP contribution is -2.33. The number of rotatable bonds is 8. The van der Waals surface area contributed by atoms with E-state index in [-0.39, 0.29) is 30.1 Å². The molecular formula is C28H26N6O3S. The largest absolute Gasteiger partial charge is 0.352 e. The van der Waals surface area contributed by atoms with Gasteiger partial charge < -0.3 is 20.1 Å². The van der Waals surface area contributed by atoms with Gasteiger partial charge in [0.1, 0.15) is 0 Å². The van der Waals surface area contributed by atoms with Crippen molar-refractivity contribution in [1.29, 1.82) is 0 Å². The average molecular weight is 527 g/mol. The minimum atomic E-state index is -0.416. The van der Waals surface area contributed by atoms with Gasteiger partial charge in [0.05, 0.1) is 22.7 Å². The molecule has 0 aliphatic carbocycles. The standard InChI is InChI=1S/C28H26N6O3S/c1-19-7-9-20(10-8-19)30-25(35)15-18-33-27(26(31-28(33)38)23-5-2-3-16-29-23)24-6-4-17-32(24)21-11-13-22(14-12-21)34(36)37/h2-14,16-17,26-27H,15,18H2,1H3,(H,30,35)(H,31,38). The van der Waals surface area contributed by atoms with E-state index >= 15 is 0 Å². The van der Waals surface area contributed by atoms with Gasteiger partial charge in [-0.05, 0) is 67.7 Å². The summed E-state index contributed by atoms with van der Waals surface area (Å²) >= 11 is 5.74. The highest BCUT2D eigenvalue weighted by Crippen LogP contribution is 2.39. The molecule has 2 aromatic carbocycles. The highest BCUT2D eigenvalue weighted by Gasteiger charge is 2.41. The van der Waals surface area contributed by atoms with E-state index in [1.807, 2.05) is 77.2 Å². The molecule has 38 heavy (non-hydrogen) atoms. The molecule has 1 aliphatic heterocycles. The summed E-state index contributed by atoms with van der Waals surface area (Å²) in [5.74, 6) is -0.109. The van der Waals surface area contributed by atoms with E-state index in [9.17, 15) is 14.9 Å². The Labute approximate surface area is 225 Å². The first-order valence-electron chi connectivity index (χ1n) is 12.2. The van der Waals surface area contributed by atoms with Crippen LogP contribution in [0.2, 0.25) is 0 Å². The van der Waals surface area contributed by atoms with Gasteiger partial charge in [-0.15, -0.1) is 0 Å². The van der Waals surface area contributed by atoms with Crippen molar-refractivity contribution in [3.63, 3.8) is 0 Å². The van der Waals surface area contributed by atoms with Crippen molar-refractivity contribution < 1.29 is 9.72 Å².